The molecule has 1 heterocycles. The van der Waals surface area contributed by atoms with Crippen molar-refractivity contribution in [1.82, 2.24) is 5.32 Å². The molecule has 0 aromatic heterocycles. The molecule has 0 atom stereocenters. The average molecular weight is 245 g/mol. The van der Waals surface area contributed by atoms with Gasteiger partial charge in [-0.05, 0) is 55.1 Å². The van der Waals surface area contributed by atoms with Gasteiger partial charge < -0.3 is 10.1 Å². The predicted octanol–water partition coefficient (Wildman–Crippen LogP) is 3.59. The van der Waals surface area contributed by atoms with E-state index in [0.717, 1.165) is 31.7 Å². The molecule has 0 unspecified atom stereocenters. The van der Waals surface area contributed by atoms with Crippen LogP contribution < -0.4 is 10.1 Å². The first kappa shape index (κ1) is 13.2. The van der Waals surface area contributed by atoms with Crippen LogP contribution in [0.25, 0.3) is 5.57 Å². The summed E-state index contributed by atoms with van der Waals surface area (Å²) in [5.41, 5.74) is 4.07. The van der Waals surface area contributed by atoms with Crippen LogP contribution in [0, 0.1) is 0 Å². The van der Waals surface area contributed by atoms with Crippen molar-refractivity contribution in [2.45, 2.75) is 32.6 Å². The van der Waals surface area contributed by atoms with E-state index in [1.165, 1.54) is 16.7 Å². The zero-order chi connectivity index (χ0) is 13.0. The maximum atomic E-state index is 5.51. The molecule has 0 bridgehead atoms. The fraction of sp³-hybridized carbons (Fsp3) is 0.500. The Labute approximate surface area is 110 Å². The van der Waals surface area contributed by atoms with E-state index >= 15 is 0 Å². The third kappa shape index (κ3) is 2.94. The Morgan fingerprint density at radius 2 is 2.06 bits per heavy atom. The summed E-state index contributed by atoms with van der Waals surface area (Å²) >= 11 is 0. The van der Waals surface area contributed by atoms with Crippen LogP contribution in [0.1, 0.15) is 43.7 Å². The first-order valence-corrected chi connectivity index (χ1v) is 6.80. The number of benzene rings is 1. The normalized spacial score (nSPS) is 16.3. The van der Waals surface area contributed by atoms with Crippen molar-refractivity contribution in [1.29, 1.82) is 0 Å². The fourth-order valence-corrected chi connectivity index (χ4v) is 2.38. The van der Waals surface area contributed by atoms with Gasteiger partial charge in [-0.3, -0.25) is 0 Å². The first-order valence-electron chi connectivity index (χ1n) is 6.80. The van der Waals surface area contributed by atoms with Gasteiger partial charge in [0, 0.05) is 5.56 Å². The highest BCUT2D eigenvalue weighted by Crippen LogP contribution is 2.32. The highest BCUT2D eigenvalue weighted by atomic mass is 16.5. The Balaban J connectivity index is 2.39. The van der Waals surface area contributed by atoms with Crippen molar-refractivity contribution >= 4 is 5.57 Å². The summed E-state index contributed by atoms with van der Waals surface area (Å²) in [6, 6.07) is 6.56. The Kier molecular flexibility index (Phi) is 4.43. The quantitative estimate of drug-likeness (QED) is 0.878. The zero-order valence-corrected chi connectivity index (χ0v) is 11.6. The summed E-state index contributed by atoms with van der Waals surface area (Å²) in [5.74, 6) is 1.55. The molecule has 1 aromatic carbocycles. The minimum absolute atomic E-state index is 0.555. The minimum Gasteiger partial charge on any atom is -0.496 e. The summed E-state index contributed by atoms with van der Waals surface area (Å²) in [6.07, 6.45) is 4.53. The van der Waals surface area contributed by atoms with Gasteiger partial charge >= 0.3 is 0 Å². The van der Waals surface area contributed by atoms with E-state index < -0.39 is 0 Å². The predicted molar refractivity (Wildman–Crippen MR) is 77.2 cm³/mol. The summed E-state index contributed by atoms with van der Waals surface area (Å²) in [4.78, 5) is 0. The van der Waals surface area contributed by atoms with E-state index in [-0.39, 0.29) is 0 Å². The second-order valence-corrected chi connectivity index (χ2v) is 5.13. The third-order valence-electron chi connectivity index (χ3n) is 3.52. The van der Waals surface area contributed by atoms with Gasteiger partial charge in [0.1, 0.15) is 5.75 Å². The molecular weight excluding hydrogens is 222 g/mol. The van der Waals surface area contributed by atoms with Crippen LogP contribution >= 0.6 is 0 Å². The van der Waals surface area contributed by atoms with Crippen LogP contribution in [-0.4, -0.2) is 20.2 Å². The summed E-state index contributed by atoms with van der Waals surface area (Å²) < 4.78 is 5.51. The molecule has 0 saturated carbocycles. The molecule has 1 N–H and O–H groups in total. The van der Waals surface area contributed by atoms with Crippen LogP contribution in [0.2, 0.25) is 0 Å². The lowest BCUT2D eigenvalue weighted by atomic mass is 9.95. The molecule has 98 valence electrons. The van der Waals surface area contributed by atoms with E-state index in [2.05, 4.69) is 43.4 Å². The van der Waals surface area contributed by atoms with Gasteiger partial charge in [-0.2, -0.15) is 0 Å². The monoisotopic (exact) mass is 245 g/mol. The molecule has 18 heavy (non-hydrogen) atoms. The second kappa shape index (κ2) is 6.05. The number of hydrogen-bond acceptors (Lipinski definition) is 2. The van der Waals surface area contributed by atoms with Crippen LogP contribution in [0.15, 0.2) is 24.3 Å². The molecule has 2 nitrogen and oxygen atoms in total. The number of rotatable bonds is 3. The van der Waals surface area contributed by atoms with Crippen molar-refractivity contribution < 1.29 is 4.74 Å². The van der Waals surface area contributed by atoms with E-state index in [1.807, 2.05) is 0 Å². The summed E-state index contributed by atoms with van der Waals surface area (Å²) in [7, 11) is 1.75. The van der Waals surface area contributed by atoms with Crippen LogP contribution in [0.4, 0.5) is 0 Å². The molecule has 0 fully saturated rings. The average Bonchev–Trinajstić information content (AvgIpc) is 2.66. The molecular formula is C16H23NO. The van der Waals surface area contributed by atoms with Crippen molar-refractivity contribution in [2.75, 3.05) is 20.2 Å². The van der Waals surface area contributed by atoms with Gasteiger partial charge in [0.2, 0.25) is 0 Å². The van der Waals surface area contributed by atoms with Gasteiger partial charge in [0.05, 0.1) is 7.11 Å². The minimum atomic E-state index is 0.555. The van der Waals surface area contributed by atoms with Crippen molar-refractivity contribution in [2.24, 2.45) is 0 Å². The lowest BCUT2D eigenvalue weighted by Crippen LogP contribution is -2.13. The Morgan fingerprint density at radius 1 is 1.22 bits per heavy atom. The highest BCUT2D eigenvalue weighted by molar-refractivity contribution is 5.71. The zero-order valence-electron chi connectivity index (χ0n) is 11.6. The molecule has 0 spiro atoms. The lowest BCUT2D eigenvalue weighted by molar-refractivity contribution is 0.413. The van der Waals surface area contributed by atoms with Gasteiger partial charge in [0.15, 0.2) is 0 Å². The number of methoxy groups -OCH3 is 1. The first-order chi connectivity index (χ1) is 8.72. The largest absolute Gasteiger partial charge is 0.496 e. The smallest absolute Gasteiger partial charge is 0.126 e. The van der Waals surface area contributed by atoms with Gasteiger partial charge in [-0.15, -0.1) is 0 Å². The van der Waals surface area contributed by atoms with Crippen LogP contribution in [-0.2, 0) is 0 Å². The maximum absolute atomic E-state index is 5.51. The number of ether oxygens (including phenoxy) is 1. The third-order valence-corrected chi connectivity index (χ3v) is 3.52. The van der Waals surface area contributed by atoms with Crippen LogP contribution in [0.5, 0.6) is 5.75 Å². The van der Waals surface area contributed by atoms with Gasteiger partial charge in [0.25, 0.3) is 0 Å². The van der Waals surface area contributed by atoms with Crippen LogP contribution in [0.3, 0.4) is 0 Å². The molecule has 1 aliphatic rings. The fourth-order valence-electron chi connectivity index (χ4n) is 2.38. The topological polar surface area (TPSA) is 21.3 Å². The number of nitrogens with one attached hydrogen (secondary N) is 1. The number of hydrogen-bond donors (Lipinski definition) is 1. The van der Waals surface area contributed by atoms with Crippen molar-refractivity contribution in [3.8, 4) is 5.75 Å². The standard InChI is InChI=1S/C16H23NO/c1-12(2)14-6-7-16(18-3)15(11-14)13-5-4-9-17-10-8-13/h5-7,11-12,17H,4,8-10H2,1-3H3. The highest BCUT2D eigenvalue weighted by Gasteiger charge is 2.12. The van der Waals surface area contributed by atoms with E-state index in [9.17, 15) is 0 Å². The molecule has 1 aromatic rings. The molecule has 2 heteroatoms. The summed E-state index contributed by atoms with van der Waals surface area (Å²) in [6.45, 7) is 6.60. The molecule has 0 amide bonds. The Morgan fingerprint density at radius 3 is 2.78 bits per heavy atom. The maximum Gasteiger partial charge on any atom is 0.126 e. The molecule has 0 aliphatic carbocycles. The molecule has 0 saturated heterocycles. The van der Waals surface area contributed by atoms with Gasteiger partial charge in [-0.1, -0.05) is 26.0 Å². The Bertz CT molecular complexity index is 435. The van der Waals surface area contributed by atoms with Gasteiger partial charge in [-0.25, -0.2) is 0 Å². The van der Waals surface area contributed by atoms with Crippen molar-refractivity contribution in [3.63, 3.8) is 0 Å². The Hall–Kier alpha value is -1.28. The molecule has 1 aliphatic heterocycles. The lowest BCUT2D eigenvalue weighted by Gasteiger charge is -2.15. The molecule has 2 rings (SSSR count). The second-order valence-electron chi connectivity index (χ2n) is 5.13. The van der Waals surface area contributed by atoms with Crippen molar-refractivity contribution in [3.05, 3.63) is 35.4 Å². The SMILES string of the molecule is COc1ccc(C(C)C)cc1C1=CCCNCC1. The van der Waals surface area contributed by atoms with E-state index in [4.69, 9.17) is 4.74 Å². The van der Waals surface area contributed by atoms with E-state index in [0.29, 0.717) is 5.92 Å². The molecule has 0 radical (unpaired) electrons. The summed E-state index contributed by atoms with van der Waals surface area (Å²) in [5, 5.41) is 3.43. The van der Waals surface area contributed by atoms with E-state index in [1.54, 1.807) is 7.11 Å².